The highest BCUT2D eigenvalue weighted by molar-refractivity contribution is 6.28. The van der Waals surface area contributed by atoms with Crippen LogP contribution in [0.25, 0.3) is 16.5 Å². The molecule has 0 saturated carbocycles. The molecule has 3 rings (SSSR count). The molecule has 0 unspecified atom stereocenters. The van der Waals surface area contributed by atoms with E-state index in [1.54, 1.807) is 18.5 Å². The summed E-state index contributed by atoms with van der Waals surface area (Å²) in [6, 6.07) is 9.38. The van der Waals surface area contributed by atoms with E-state index in [9.17, 15) is 14.7 Å². The van der Waals surface area contributed by atoms with Crippen LogP contribution in [-0.2, 0) is 9.59 Å². The number of hydrogen-bond acceptors (Lipinski definition) is 4. The molecular formula is C15H13N3O3. The molecule has 0 bridgehead atoms. The van der Waals surface area contributed by atoms with E-state index in [0.717, 1.165) is 15.8 Å². The first-order valence-electron chi connectivity index (χ1n) is 6.38. The maximum absolute atomic E-state index is 12.3. The second-order valence-corrected chi connectivity index (χ2v) is 4.93. The molecule has 1 aliphatic rings. The summed E-state index contributed by atoms with van der Waals surface area (Å²) in [5.74, 6) is -2.25. The molecule has 2 heterocycles. The van der Waals surface area contributed by atoms with Crippen molar-refractivity contribution in [1.29, 1.82) is 0 Å². The number of nitrogens with zero attached hydrogens (tertiary/aromatic N) is 3. The fraction of sp³-hybridized carbons (Fsp3) is 0.133. The van der Waals surface area contributed by atoms with Crippen LogP contribution in [0.15, 0.2) is 48.5 Å². The summed E-state index contributed by atoms with van der Waals surface area (Å²) >= 11 is 0. The van der Waals surface area contributed by atoms with Gasteiger partial charge in [0.15, 0.2) is 12.4 Å². The van der Waals surface area contributed by atoms with Gasteiger partial charge in [0, 0.05) is 31.3 Å². The summed E-state index contributed by atoms with van der Waals surface area (Å²) in [6.07, 6.45) is 3.28. The topological polar surface area (TPSA) is 67.6 Å². The van der Waals surface area contributed by atoms with Crippen molar-refractivity contribution in [1.82, 2.24) is 10.0 Å². The van der Waals surface area contributed by atoms with Crippen molar-refractivity contribution in [2.75, 3.05) is 14.1 Å². The van der Waals surface area contributed by atoms with Crippen LogP contribution in [0, 0.1) is 0 Å². The zero-order valence-electron chi connectivity index (χ0n) is 11.6. The van der Waals surface area contributed by atoms with Crippen LogP contribution >= 0.6 is 0 Å². The Hall–Kier alpha value is -2.73. The van der Waals surface area contributed by atoms with Gasteiger partial charge in [-0.2, -0.15) is 9.58 Å². The van der Waals surface area contributed by atoms with Crippen molar-refractivity contribution in [3.05, 3.63) is 48.5 Å². The molecule has 0 aliphatic carbocycles. The number of imide groups is 1. The Labute approximate surface area is 121 Å². The lowest BCUT2D eigenvalue weighted by Crippen LogP contribution is -2.45. The SMILES string of the molecule is CN(C)N1C(=O)C([O-])=C([n+]2ccc3ccccc3c2)C1=O. The van der Waals surface area contributed by atoms with Gasteiger partial charge in [-0.25, -0.2) is 5.01 Å². The standard InChI is InChI=1S/C15H13N3O3/c1-16(2)18-14(20)12(13(19)15(18)21)17-8-7-10-5-3-4-6-11(10)9-17/h3-9H,1-2H3. The van der Waals surface area contributed by atoms with Crippen LogP contribution in [0.5, 0.6) is 0 Å². The number of hydrogen-bond donors (Lipinski definition) is 0. The Bertz CT molecular complexity index is 796. The fourth-order valence-corrected chi connectivity index (χ4v) is 2.35. The van der Waals surface area contributed by atoms with Gasteiger partial charge in [-0.3, -0.25) is 9.59 Å². The first-order valence-corrected chi connectivity index (χ1v) is 6.38. The number of hydrazine groups is 1. The zero-order chi connectivity index (χ0) is 15.1. The molecule has 6 heteroatoms. The number of carbonyl (C=O) groups is 2. The maximum atomic E-state index is 12.3. The van der Waals surface area contributed by atoms with Crippen molar-refractivity contribution >= 4 is 28.3 Å². The van der Waals surface area contributed by atoms with Gasteiger partial charge in [-0.05, 0) is 11.5 Å². The average molecular weight is 283 g/mol. The van der Waals surface area contributed by atoms with Gasteiger partial charge >= 0.3 is 5.91 Å². The van der Waals surface area contributed by atoms with E-state index in [-0.39, 0.29) is 5.70 Å². The molecule has 0 saturated heterocycles. The Kier molecular flexibility index (Phi) is 2.95. The monoisotopic (exact) mass is 283 g/mol. The minimum absolute atomic E-state index is 0.153. The minimum Gasteiger partial charge on any atom is -0.864 e. The number of rotatable bonds is 2. The summed E-state index contributed by atoms with van der Waals surface area (Å²) in [7, 11) is 3.08. The summed E-state index contributed by atoms with van der Waals surface area (Å²) in [5, 5.41) is 16.1. The first kappa shape index (κ1) is 13.3. The summed E-state index contributed by atoms with van der Waals surface area (Å²) in [5.41, 5.74) is -0.153. The molecule has 21 heavy (non-hydrogen) atoms. The Balaban J connectivity index is 2.13. The lowest BCUT2D eigenvalue weighted by Gasteiger charge is -2.21. The lowest BCUT2D eigenvalue weighted by atomic mass is 10.2. The summed E-state index contributed by atoms with van der Waals surface area (Å²) < 4.78 is 1.41. The highest BCUT2D eigenvalue weighted by atomic mass is 16.3. The van der Waals surface area contributed by atoms with Crippen LogP contribution in [0.3, 0.4) is 0 Å². The number of aromatic nitrogens is 1. The number of carbonyl (C=O) groups excluding carboxylic acids is 2. The molecule has 106 valence electrons. The first-order chi connectivity index (χ1) is 10.0. The summed E-state index contributed by atoms with van der Waals surface area (Å²) in [6.45, 7) is 0. The molecule has 0 atom stereocenters. The van der Waals surface area contributed by atoms with Crippen molar-refractivity contribution in [2.45, 2.75) is 0 Å². The average Bonchev–Trinajstić information content (AvgIpc) is 2.68. The van der Waals surface area contributed by atoms with E-state index in [2.05, 4.69) is 0 Å². The van der Waals surface area contributed by atoms with E-state index in [1.807, 2.05) is 24.3 Å². The van der Waals surface area contributed by atoms with Crippen LogP contribution < -0.4 is 9.67 Å². The summed E-state index contributed by atoms with van der Waals surface area (Å²) in [4.78, 5) is 24.2. The van der Waals surface area contributed by atoms with Gasteiger partial charge < -0.3 is 5.11 Å². The molecule has 0 fully saturated rings. The highest BCUT2D eigenvalue weighted by Crippen LogP contribution is 2.18. The van der Waals surface area contributed by atoms with E-state index in [1.165, 1.54) is 23.7 Å². The molecule has 6 nitrogen and oxygen atoms in total. The van der Waals surface area contributed by atoms with E-state index in [0.29, 0.717) is 0 Å². The van der Waals surface area contributed by atoms with Gasteiger partial charge in [0.05, 0.1) is 0 Å². The Morgan fingerprint density at radius 2 is 1.71 bits per heavy atom. The largest absolute Gasteiger partial charge is 0.864 e. The normalized spacial score (nSPS) is 15.7. The predicted molar refractivity (Wildman–Crippen MR) is 72.9 cm³/mol. The lowest BCUT2D eigenvalue weighted by molar-refractivity contribution is -0.580. The van der Waals surface area contributed by atoms with Crippen molar-refractivity contribution in [3.8, 4) is 0 Å². The molecule has 1 aromatic heterocycles. The van der Waals surface area contributed by atoms with Gasteiger partial charge in [0.2, 0.25) is 0 Å². The van der Waals surface area contributed by atoms with E-state index >= 15 is 0 Å². The molecule has 1 aromatic carbocycles. The second-order valence-electron chi connectivity index (χ2n) is 4.93. The van der Waals surface area contributed by atoms with Crippen molar-refractivity contribution in [2.24, 2.45) is 0 Å². The van der Waals surface area contributed by atoms with Gasteiger partial charge in [-0.15, -0.1) is 0 Å². The van der Waals surface area contributed by atoms with Crippen LogP contribution in [-0.4, -0.2) is 35.9 Å². The smallest absolute Gasteiger partial charge is 0.340 e. The second kappa shape index (κ2) is 4.68. The molecule has 0 N–H and O–H groups in total. The quantitative estimate of drug-likeness (QED) is 0.550. The molecule has 0 radical (unpaired) electrons. The van der Waals surface area contributed by atoms with Crippen LogP contribution in [0.2, 0.25) is 0 Å². The number of pyridine rings is 1. The van der Waals surface area contributed by atoms with Crippen LogP contribution in [0.1, 0.15) is 0 Å². The third-order valence-electron chi connectivity index (χ3n) is 3.34. The fourth-order valence-electron chi connectivity index (χ4n) is 2.35. The molecule has 2 amide bonds. The van der Waals surface area contributed by atoms with Crippen LogP contribution in [0.4, 0.5) is 0 Å². The van der Waals surface area contributed by atoms with Gasteiger partial charge in [0.25, 0.3) is 11.6 Å². The Morgan fingerprint density at radius 1 is 1.05 bits per heavy atom. The van der Waals surface area contributed by atoms with Crippen molar-refractivity contribution in [3.63, 3.8) is 0 Å². The van der Waals surface area contributed by atoms with E-state index < -0.39 is 17.6 Å². The van der Waals surface area contributed by atoms with Gasteiger partial charge in [-0.1, -0.05) is 18.2 Å². The number of amides is 2. The number of fused-ring (bicyclic) bond motifs is 1. The zero-order valence-corrected chi connectivity index (χ0v) is 11.6. The molecule has 0 spiro atoms. The number of benzene rings is 1. The molecule has 1 aliphatic heterocycles. The maximum Gasteiger partial charge on any atom is 0.340 e. The van der Waals surface area contributed by atoms with Gasteiger partial charge in [0.1, 0.15) is 0 Å². The van der Waals surface area contributed by atoms with Crippen molar-refractivity contribution < 1.29 is 19.3 Å². The Morgan fingerprint density at radius 3 is 2.33 bits per heavy atom. The minimum atomic E-state index is -0.833. The van der Waals surface area contributed by atoms with E-state index in [4.69, 9.17) is 0 Å². The molecular weight excluding hydrogens is 270 g/mol. The molecule has 2 aromatic rings. The predicted octanol–water partition coefficient (Wildman–Crippen LogP) is -0.498. The highest BCUT2D eigenvalue weighted by Gasteiger charge is 2.41. The third kappa shape index (κ3) is 1.96. The third-order valence-corrected chi connectivity index (χ3v) is 3.34.